The van der Waals surface area contributed by atoms with Crippen molar-refractivity contribution in [3.63, 3.8) is 0 Å². The van der Waals surface area contributed by atoms with E-state index in [0.717, 1.165) is 26.1 Å². The number of nitrogens with two attached hydrogens (primary N) is 1. The zero-order chi connectivity index (χ0) is 11.7. The molecule has 1 aliphatic heterocycles. The fourth-order valence-electron chi connectivity index (χ4n) is 3.32. The van der Waals surface area contributed by atoms with Crippen molar-refractivity contribution in [3.8, 4) is 0 Å². The van der Waals surface area contributed by atoms with Gasteiger partial charge in [-0.3, -0.25) is 0 Å². The maximum Gasteiger partial charge on any atom is 0.0509 e. The van der Waals surface area contributed by atoms with Gasteiger partial charge in [-0.2, -0.15) is 0 Å². The highest BCUT2D eigenvalue weighted by Gasteiger charge is 2.32. The molecule has 1 fully saturated rings. The van der Waals surface area contributed by atoms with Gasteiger partial charge in [0.05, 0.1) is 6.61 Å². The Morgan fingerprint density at radius 1 is 1.12 bits per heavy atom. The van der Waals surface area contributed by atoms with E-state index in [1.165, 1.54) is 24.0 Å². The highest BCUT2D eigenvalue weighted by atomic mass is 16.5. The average molecular weight is 231 g/mol. The van der Waals surface area contributed by atoms with Gasteiger partial charge in [-0.1, -0.05) is 24.3 Å². The molecule has 2 nitrogen and oxygen atoms in total. The third kappa shape index (κ3) is 2.24. The van der Waals surface area contributed by atoms with E-state index >= 15 is 0 Å². The lowest BCUT2D eigenvalue weighted by atomic mass is 9.84. The summed E-state index contributed by atoms with van der Waals surface area (Å²) in [6, 6.07) is 9.08. The van der Waals surface area contributed by atoms with E-state index in [0.29, 0.717) is 17.9 Å². The third-order valence-corrected chi connectivity index (χ3v) is 4.37. The topological polar surface area (TPSA) is 35.2 Å². The summed E-state index contributed by atoms with van der Waals surface area (Å²) in [5.74, 6) is 1.20. The number of hydrogen-bond acceptors (Lipinski definition) is 2. The Bertz CT molecular complexity index is 359. The molecule has 0 amide bonds. The minimum Gasteiger partial charge on any atom is -0.381 e. The minimum absolute atomic E-state index is 0.308. The molecule has 1 aromatic rings. The normalized spacial score (nSPS) is 26.8. The van der Waals surface area contributed by atoms with Gasteiger partial charge in [-0.15, -0.1) is 0 Å². The Morgan fingerprint density at radius 2 is 1.82 bits per heavy atom. The summed E-state index contributed by atoms with van der Waals surface area (Å²) >= 11 is 0. The Kier molecular flexibility index (Phi) is 3.17. The Labute approximate surface area is 103 Å². The molecule has 3 rings (SSSR count). The van der Waals surface area contributed by atoms with Crippen LogP contribution in [0.15, 0.2) is 24.3 Å². The van der Waals surface area contributed by atoms with Crippen LogP contribution in [0.25, 0.3) is 0 Å². The van der Waals surface area contributed by atoms with Gasteiger partial charge in [0, 0.05) is 12.6 Å². The van der Waals surface area contributed by atoms with Crippen molar-refractivity contribution < 1.29 is 4.74 Å². The second-order valence-corrected chi connectivity index (χ2v) is 5.49. The molecule has 2 heteroatoms. The first-order valence-corrected chi connectivity index (χ1v) is 6.74. The molecule has 1 saturated heterocycles. The summed E-state index contributed by atoms with van der Waals surface area (Å²) in [6.45, 7) is 1.79. The van der Waals surface area contributed by atoms with Crippen LogP contribution >= 0.6 is 0 Å². The van der Waals surface area contributed by atoms with Crippen LogP contribution in [-0.4, -0.2) is 19.3 Å². The summed E-state index contributed by atoms with van der Waals surface area (Å²) in [5, 5.41) is 0. The van der Waals surface area contributed by atoms with E-state index in [2.05, 4.69) is 24.3 Å². The molecule has 92 valence electrons. The van der Waals surface area contributed by atoms with Crippen molar-refractivity contribution >= 4 is 0 Å². The predicted octanol–water partition coefficient (Wildman–Crippen LogP) is 2.16. The van der Waals surface area contributed by atoms with Crippen molar-refractivity contribution in [1.82, 2.24) is 0 Å². The van der Waals surface area contributed by atoms with Crippen molar-refractivity contribution in [2.45, 2.75) is 31.7 Å². The van der Waals surface area contributed by atoms with Crippen LogP contribution in [0.1, 0.15) is 24.0 Å². The summed E-state index contributed by atoms with van der Waals surface area (Å²) in [5.41, 5.74) is 9.46. The SMILES string of the molecule is NC(C1CCCOC1)C1Cc2ccccc2C1. The zero-order valence-corrected chi connectivity index (χ0v) is 10.3. The number of hydrogen-bond donors (Lipinski definition) is 1. The van der Waals surface area contributed by atoms with Gasteiger partial charge in [-0.25, -0.2) is 0 Å². The van der Waals surface area contributed by atoms with Gasteiger partial charge in [0.2, 0.25) is 0 Å². The molecule has 2 atom stereocenters. The Hall–Kier alpha value is -0.860. The molecule has 2 unspecified atom stereocenters. The molecular formula is C15H21NO. The summed E-state index contributed by atoms with van der Waals surface area (Å²) in [4.78, 5) is 0. The lowest BCUT2D eigenvalue weighted by molar-refractivity contribution is 0.0367. The number of ether oxygens (including phenoxy) is 1. The number of rotatable bonds is 2. The van der Waals surface area contributed by atoms with E-state index in [1.54, 1.807) is 0 Å². The van der Waals surface area contributed by atoms with Crippen molar-refractivity contribution in [2.75, 3.05) is 13.2 Å². The van der Waals surface area contributed by atoms with Crippen molar-refractivity contribution in [2.24, 2.45) is 17.6 Å². The largest absolute Gasteiger partial charge is 0.381 e. The standard InChI is InChI=1S/C15H21NO/c16-15(13-6-3-7-17-10-13)14-8-11-4-1-2-5-12(11)9-14/h1-2,4-5,13-15H,3,6-10,16H2. The molecule has 1 aliphatic carbocycles. The molecule has 0 radical (unpaired) electrons. The van der Waals surface area contributed by atoms with Crippen LogP contribution in [0.4, 0.5) is 0 Å². The lowest BCUT2D eigenvalue weighted by Crippen LogP contribution is -2.41. The van der Waals surface area contributed by atoms with Gasteiger partial charge in [0.15, 0.2) is 0 Å². The van der Waals surface area contributed by atoms with E-state index in [4.69, 9.17) is 10.5 Å². The van der Waals surface area contributed by atoms with Crippen molar-refractivity contribution in [3.05, 3.63) is 35.4 Å². The first kappa shape index (κ1) is 11.2. The van der Waals surface area contributed by atoms with Crippen LogP contribution in [0, 0.1) is 11.8 Å². The van der Waals surface area contributed by atoms with Gasteiger partial charge >= 0.3 is 0 Å². The highest BCUT2D eigenvalue weighted by molar-refractivity contribution is 5.32. The third-order valence-electron chi connectivity index (χ3n) is 4.37. The van der Waals surface area contributed by atoms with Crippen LogP contribution in [0.2, 0.25) is 0 Å². The first-order chi connectivity index (χ1) is 8.34. The summed E-state index contributed by atoms with van der Waals surface area (Å²) < 4.78 is 5.56. The second kappa shape index (κ2) is 4.79. The zero-order valence-electron chi connectivity index (χ0n) is 10.3. The molecule has 17 heavy (non-hydrogen) atoms. The Morgan fingerprint density at radius 3 is 2.41 bits per heavy atom. The second-order valence-electron chi connectivity index (χ2n) is 5.49. The minimum atomic E-state index is 0.308. The van der Waals surface area contributed by atoms with Crippen LogP contribution < -0.4 is 5.73 Å². The van der Waals surface area contributed by atoms with Crippen LogP contribution in [0.5, 0.6) is 0 Å². The quantitative estimate of drug-likeness (QED) is 0.846. The monoisotopic (exact) mass is 231 g/mol. The predicted molar refractivity (Wildman–Crippen MR) is 68.9 cm³/mol. The van der Waals surface area contributed by atoms with E-state index < -0.39 is 0 Å². The van der Waals surface area contributed by atoms with Gasteiger partial charge < -0.3 is 10.5 Å². The maximum absolute atomic E-state index is 6.45. The fourth-order valence-corrected chi connectivity index (χ4v) is 3.32. The molecule has 1 aromatic carbocycles. The molecule has 2 N–H and O–H groups in total. The first-order valence-electron chi connectivity index (χ1n) is 6.74. The molecule has 0 bridgehead atoms. The van der Waals surface area contributed by atoms with Crippen LogP contribution in [-0.2, 0) is 17.6 Å². The fraction of sp³-hybridized carbons (Fsp3) is 0.600. The van der Waals surface area contributed by atoms with Gasteiger partial charge in [0.25, 0.3) is 0 Å². The lowest BCUT2D eigenvalue weighted by Gasteiger charge is -2.31. The number of fused-ring (bicyclic) bond motifs is 1. The smallest absolute Gasteiger partial charge is 0.0509 e. The maximum atomic E-state index is 6.45. The molecule has 1 heterocycles. The van der Waals surface area contributed by atoms with E-state index in [1.807, 2.05) is 0 Å². The Balaban J connectivity index is 1.67. The molecular weight excluding hydrogens is 210 g/mol. The average Bonchev–Trinajstić information content (AvgIpc) is 2.82. The molecule has 2 aliphatic rings. The van der Waals surface area contributed by atoms with Crippen molar-refractivity contribution in [1.29, 1.82) is 0 Å². The number of benzene rings is 1. The summed E-state index contributed by atoms with van der Waals surface area (Å²) in [7, 11) is 0. The van der Waals surface area contributed by atoms with E-state index in [-0.39, 0.29) is 0 Å². The molecule has 0 aromatic heterocycles. The van der Waals surface area contributed by atoms with Crippen LogP contribution in [0.3, 0.4) is 0 Å². The molecule has 0 saturated carbocycles. The van der Waals surface area contributed by atoms with E-state index in [9.17, 15) is 0 Å². The highest BCUT2D eigenvalue weighted by Crippen LogP contribution is 2.32. The van der Waals surface area contributed by atoms with Gasteiger partial charge in [-0.05, 0) is 48.6 Å². The molecule has 0 spiro atoms. The summed E-state index contributed by atoms with van der Waals surface area (Å²) in [6.07, 6.45) is 4.74. The van der Waals surface area contributed by atoms with Gasteiger partial charge in [0.1, 0.15) is 0 Å².